The highest BCUT2D eigenvalue weighted by molar-refractivity contribution is 7.99. The van der Waals surface area contributed by atoms with Crippen molar-refractivity contribution in [3.63, 3.8) is 0 Å². The smallest absolute Gasteiger partial charge is 0.417 e. The van der Waals surface area contributed by atoms with Crippen LogP contribution < -0.4 is 4.74 Å². The topological polar surface area (TPSA) is 83.3 Å². The Hall–Kier alpha value is -2.29. The van der Waals surface area contributed by atoms with Crippen molar-refractivity contribution in [2.75, 3.05) is 26.5 Å². The number of rotatable bonds is 7. The first-order valence-electron chi connectivity index (χ1n) is 8.24. The van der Waals surface area contributed by atoms with Crippen molar-refractivity contribution < 1.29 is 26.3 Å². The van der Waals surface area contributed by atoms with Gasteiger partial charge in [0.15, 0.2) is 0 Å². The number of aryl methyl sites for hydroxylation is 1. The zero-order chi connectivity index (χ0) is 21.8. The lowest BCUT2D eigenvalue weighted by Gasteiger charge is -2.13. The molecule has 2 rings (SSSR count). The number of nitriles is 1. The van der Waals surface area contributed by atoms with Crippen LogP contribution in [0.4, 0.5) is 13.2 Å². The van der Waals surface area contributed by atoms with Gasteiger partial charge in [-0.05, 0) is 37.3 Å². The van der Waals surface area contributed by atoms with Gasteiger partial charge in [0.2, 0.25) is 10.0 Å². The van der Waals surface area contributed by atoms with Crippen molar-refractivity contribution in [1.29, 1.82) is 5.26 Å². The quantitative estimate of drug-likeness (QED) is 0.477. The second-order valence-electron chi connectivity index (χ2n) is 6.06. The van der Waals surface area contributed by atoms with Crippen LogP contribution in [-0.2, 0) is 16.2 Å². The fourth-order valence-electron chi connectivity index (χ4n) is 2.30. The van der Waals surface area contributed by atoms with E-state index in [1.807, 2.05) is 0 Å². The van der Waals surface area contributed by atoms with E-state index in [1.54, 1.807) is 6.07 Å². The molecule has 0 unspecified atom stereocenters. The van der Waals surface area contributed by atoms with E-state index in [4.69, 9.17) is 10.00 Å². The molecule has 1 aromatic heterocycles. The number of hydrogen-bond donors (Lipinski definition) is 0. The Bertz CT molecular complexity index is 1020. The molecule has 0 spiro atoms. The molecule has 156 valence electrons. The molecule has 2 aromatic rings. The van der Waals surface area contributed by atoms with Gasteiger partial charge in [0, 0.05) is 25.5 Å². The summed E-state index contributed by atoms with van der Waals surface area (Å²) in [6.07, 6.45) is -4.64. The number of ether oxygens (including phenoxy) is 1. The predicted octanol–water partition coefficient (Wildman–Crippen LogP) is 3.70. The number of hydrogen-bond acceptors (Lipinski definition) is 6. The summed E-state index contributed by atoms with van der Waals surface area (Å²) >= 11 is 0.985. The summed E-state index contributed by atoms with van der Waals surface area (Å²) in [6, 6.07) is 8.23. The Labute approximate surface area is 171 Å². The first-order valence-corrected chi connectivity index (χ1v) is 10.7. The maximum atomic E-state index is 13.1. The van der Waals surface area contributed by atoms with Gasteiger partial charge in [-0.3, -0.25) is 0 Å². The van der Waals surface area contributed by atoms with Crippen molar-refractivity contribution in [3.8, 4) is 11.8 Å². The lowest BCUT2D eigenvalue weighted by atomic mass is 10.1. The van der Waals surface area contributed by atoms with Gasteiger partial charge in [-0.1, -0.05) is 0 Å². The summed E-state index contributed by atoms with van der Waals surface area (Å²) < 4.78 is 70.0. The number of nitrogens with zero attached hydrogens (tertiary/aromatic N) is 3. The van der Waals surface area contributed by atoms with Crippen molar-refractivity contribution >= 4 is 21.8 Å². The highest BCUT2D eigenvalue weighted by atomic mass is 32.2. The van der Waals surface area contributed by atoms with Crippen molar-refractivity contribution in [2.45, 2.75) is 23.0 Å². The van der Waals surface area contributed by atoms with Gasteiger partial charge in [0.05, 0.1) is 22.6 Å². The maximum absolute atomic E-state index is 13.1. The van der Waals surface area contributed by atoms with Crippen LogP contribution >= 0.6 is 11.8 Å². The van der Waals surface area contributed by atoms with Crippen molar-refractivity contribution in [1.82, 2.24) is 9.29 Å². The average Bonchev–Trinajstić information content (AvgIpc) is 2.64. The van der Waals surface area contributed by atoms with Crippen LogP contribution in [0.3, 0.4) is 0 Å². The SMILES string of the molecule is Cc1cc(C(F)(F)F)c(C#N)c(SCCOc2ccc(S(=O)(=O)N(C)C)cc2)n1. The van der Waals surface area contributed by atoms with Crippen LogP contribution in [0.1, 0.15) is 16.8 Å². The standard InChI is InChI=1S/C18H18F3N3O3S2/c1-12-10-16(18(19,20)21)15(11-22)17(23-12)28-9-8-27-13-4-6-14(7-5-13)29(25,26)24(2)3/h4-7,10H,8-9H2,1-3H3. The molecule has 0 radical (unpaired) electrons. The minimum atomic E-state index is -4.64. The molecule has 11 heteroatoms. The molecule has 29 heavy (non-hydrogen) atoms. The Morgan fingerprint density at radius 3 is 2.38 bits per heavy atom. The van der Waals surface area contributed by atoms with Crippen LogP contribution in [-0.4, -0.2) is 44.2 Å². The lowest BCUT2D eigenvalue weighted by molar-refractivity contribution is -0.138. The van der Waals surface area contributed by atoms with Gasteiger partial charge in [-0.15, -0.1) is 11.8 Å². The summed E-state index contributed by atoms with van der Waals surface area (Å²) in [4.78, 5) is 4.15. The number of alkyl halides is 3. The third-order valence-corrected chi connectivity index (χ3v) is 6.49. The largest absolute Gasteiger partial charge is 0.493 e. The minimum Gasteiger partial charge on any atom is -0.493 e. The molecule has 0 aliphatic rings. The highest BCUT2D eigenvalue weighted by Gasteiger charge is 2.35. The molecular weight excluding hydrogens is 427 g/mol. The molecule has 1 aromatic carbocycles. The monoisotopic (exact) mass is 445 g/mol. The van der Waals surface area contributed by atoms with Crippen LogP contribution in [0.2, 0.25) is 0 Å². The van der Waals surface area contributed by atoms with E-state index in [-0.39, 0.29) is 28.0 Å². The zero-order valence-corrected chi connectivity index (χ0v) is 17.5. The molecule has 0 atom stereocenters. The molecule has 0 saturated heterocycles. The van der Waals surface area contributed by atoms with E-state index in [1.165, 1.54) is 45.3 Å². The molecule has 0 aliphatic carbocycles. The normalized spacial score (nSPS) is 12.1. The van der Waals surface area contributed by atoms with Crippen LogP contribution in [0, 0.1) is 18.3 Å². The first-order chi connectivity index (χ1) is 13.5. The fourth-order valence-corrected chi connectivity index (χ4v) is 4.07. The van der Waals surface area contributed by atoms with E-state index < -0.39 is 27.3 Å². The van der Waals surface area contributed by atoms with Crippen molar-refractivity contribution in [2.24, 2.45) is 0 Å². The predicted molar refractivity (Wildman–Crippen MR) is 102 cm³/mol. The molecular formula is C18H18F3N3O3S2. The Kier molecular flexibility index (Phi) is 7.15. The molecule has 0 bridgehead atoms. The zero-order valence-electron chi connectivity index (χ0n) is 15.8. The van der Waals surface area contributed by atoms with Crippen molar-refractivity contribution in [3.05, 3.63) is 47.2 Å². The van der Waals surface area contributed by atoms with Crippen LogP contribution in [0.25, 0.3) is 0 Å². The Morgan fingerprint density at radius 1 is 1.24 bits per heavy atom. The maximum Gasteiger partial charge on any atom is 0.417 e. The van der Waals surface area contributed by atoms with Crippen LogP contribution in [0.15, 0.2) is 40.3 Å². The molecule has 1 heterocycles. The number of halogens is 3. The number of sulfonamides is 1. The van der Waals surface area contributed by atoms with E-state index in [0.29, 0.717) is 5.75 Å². The average molecular weight is 445 g/mol. The fraction of sp³-hybridized carbons (Fsp3) is 0.333. The van der Waals surface area contributed by atoms with Gasteiger partial charge in [0.25, 0.3) is 0 Å². The number of benzene rings is 1. The number of pyridine rings is 1. The molecule has 6 nitrogen and oxygen atoms in total. The third kappa shape index (κ3) is 5.62. The summed E-state index contributed by atoms with van der Waals surface area (Å²) in [5.41, 5.74) is -1.35. The summed E-state index contributed by atoms with van der Waals surface area (Å²) in [6.45, 7) is 1.56. The molecule has 0 aliphatic heterocycles. The highest BCUT2D eigenvalue weighted by Crippen LogP contribution is 2.35. The molecule has 0 fully saturated rings. The Balaban J connectivity index is 2.03. The summed E-state index contributed by atoms with van der Waals surface area (Å²) in [7, 11) is -0.687. The van der Waals surface area contributed by atoms with Gasteiger partial charge >= 0.3 is 6.18 Å². The van der Waals surface area contributed by atoms with E-state index >= 15 is 0 Å². The Morgan fingerprint density at radius 2 is 1.86 bits per heavy atom. The summed E-state index contributed by atoms with van der Waals surface area (Å²) in [5, 5.41) is 9.13. The number of aromatic nitrogens is 1. The van der Waals surface area contributed by atoms with Gasteiger partial charge in [0.1, 0.15) is 16.8 Å². The summed E-state index contributed by atoms with van der Waals surface area (Å²) in [5.74, 6) is 0.664. The second kappa shape index (κ2) is 9.02. The van der Waals surface area contributed by atoms with E-state index in [0.717, 1.165) is 22.1 Å². The van der Waals surface area contributed by atoms with Gasteiger partial charge < -0.3 is 4.74 Å². The second-order valence-corrected chi connectivity index (χ2v) is 9.29. The lowest BCUT2D eigenvalue weighted by Crippen LogP contribution is -2.22. The van der Waals surface area contributed by atoms with Crippen LogP contribution in [0.5, 0.6) is 5.75 Å². The van der Waals surface area contributed by atoms with E-state index in [2.05, 4.69) is 4.98 Å². The molecule has 0 saturated carbocycles. The third-order valence-electron chi connectivity index (χ3n) is 3.72. The van der Waals surface area contributed by atoms with E-state index in [9.17, 15) is 21.6 Å². The van der Waals surface area contributed by atoms with Gasteiger partial charge in [-0.2, -0.15) is 18.4 Å². The first kappa shape index (κ1) is 23.0. The molecule has 0 amide bonds. The number of thioether (sulfide) groups is 1. The minimum absolute atomic E-state index is 0.00384. The molecule has 0 N–H and O–H groups in total. The van der Waals surface area contributed by atoms with Gasteiger partial charge in [-0.25, -0.2) is 17.7 Å².